The summed E-state index contributed by atoms with van der Waals surface area (Å²) in [6.45, 7) is 2.59. The quantitative estimate of drug-likeness (QED) is 0.786. The Bertz CT molecular complexity index is 670. The Balaban J connectivity index is 1.57. The van der Waals surface area contributed by atoms with E-state index in [2.05, 4.69) is 22.3 Å². The standard InChI is InChI=1S/C16H21N5O2S/c17-15-18-19-16(24-11-6-13-4-2-1-3-5-13)21(15)12-14(22)20-7-9-23-10-8-20/h1-5H,6-12H2,(H2,17,18). The number of amides is 1. The fourth-order valence-electron chi connectivity index (χ4n) is 2.51. The molecule has 1 aliphatic rings. The minimum absolute atomic E-state index is 0.0229. The molecule has 1 aliphatic heterocycles. The lowest BCUT2D eigenvalue weighted by molar-refractivity contribution is -0.136. The third-order valence-electron chi connectivity index (χ3n) is 3.87. The van der Waals surface area contributed by atoms with Crippen molar-refractivity contribution in [1.29, 1.82) is 0 Å². The number of hydrogen-bond donors (Lipinski definition) is 1. The van der Waals surface area contributed by atoms with Gasteiger partial charge in [0.05, 0.1) is 13.2 Å². The summed E-state index contributed by atoms with van der Waals surface area (Å²) < 4.78 is 6.96. The maximum absolute atomic E-state index is 12.4. The van der Waals surface area contributed by atoms with Gasteiger partial charge in [-0.05, 0) is 12.0 Å². The molecule has 128 valence electrons. The largest absolute Gasteiger partial charge is 0.378 e. The molecular formula is C16H21N5O2S. The molecule has 0 saturated carbocycles. The van der Waals surface area contributed by atoms with Crippen molar-refractivity contribution in [2.45, 2.75) is 18.1 Å². The van der Waals surface area contributed by atoms with Crippen LogP contribution in [0, 0.1) is 0 Å². The fourth-order valence-corrected chi connectivity index (χ4v) is 3.44. The van der Waals surface area contributed by atoms with Crippen LogP contribution in [-0.4, -0.2) is 57.6 Å². The smallest absolute Gasteiger partial charge is 0.242 e. The van der Waals surface area contributed by atoms with Gasteiger partial charge in [-0.1, -0.05) is 42.1 Å². The molecule has 0 atom stereocenters. The second-order valence-electron chi connectivity index (χ2n) is 5.50. The first-order valence-corrected chi connectivity index (χ1v) is 8.93. The lowest BCUT2D eigenvalue weighted by atomic mass is 10.2. The number of nitrogens with two attached hydrogens (primary N) is 1. The molecule has 1 aromatic heterocycles. The summed E-state index contributed by atoms with van der Waals surface area (Å²) in [4.78, 5) is 14.2. The number of nitrogens with zero attached hydrogens (tertiary/aromatic N) is 4. The molecule has 0 aliphatic carbocycles. The predicted octanol–water partition coefficient (Wildman–Crippen LogP) is 1.05. The van der Waals surface area contributed by atoms with E-state index in [0.29, 0.717) is 31.5 Å². The van der Waals surface area contributed by atoms with Crippen molar-refractivity contribution >= 4 is 23.6 Å². The first-order chi connectivity index (χ1) is 11.7. The van der Waals surface area contributed by atoms with Crippen LogP contribution in [0.3, 0.4) is 0 Å². The number of nitrogen functional groups attached to an aromatic ring is 1. The van der Waals surface area contributed by atoms with E-state index in [4.69, 9.17) is 10.5 Å². The minimum atomic E-state index is 0.0229. The van der Waals surface area contributed by atoms with Crippen LogP contribution in [0.5, 0.6) is 0 Å². The number of aromatic nitrogens is 3. The third kappa shape index (κ3) is 4.27. The van der Waals surface area contributed by atoms with Gasteiger partial charge in [-0.15, -0.1) is 10.2 Å². The van der Waals surface area contributed by atoms with E-state index in [-0.39, 0.29) is 18.4 Å². The summed E-state index contributed by atoms with van der Waals surface area (Å²) in [6, 6.07) is 10.3. The minimum Gasteiger partial charge on any atom is -0.378 e. The van der Waals surface area contributed by atoms with E-state index < -0.39 is 0 Å². The van der Waals surface area contributed by atoms with E-state index in [1.54, 1.807) is 21.2 Å². The highest BCUT2D eigenvalue weighted by Crippen LogP contribution is 2.20. The van der Waals surface area contributed by atoms with Gasteiger partial charge in [-0.25, -0.2) is 0 Å². The van der Waals surface area contributed by atoms with Gasteiger partial charge in [0.1, 0.15) is 6.54 Å². The zero-order chi connectivity index (χ0) is 16.8. The molecule has 0 spiro atoms. The van der Waals surface area contributed by atoms with Gasteiger partial charge in [0.15, 0.2) is 5.16 Å². The van der Waals surface area contributed by atoms with Crippen LogP contribution in [0.15, 0.2) is 35.5 Å². The summed E-state index contributed by atoms with van der Waals surface area (Å²) in [6.07, 6.45) is 0.926. The molecule has 8 heteroatoms. The van der Waals surface area contributed by atoms with Crippen molar-refractivity contribution in [3.8, 4) is 0 Å². The number of hydrogen-bond acceptors (Lipinski definition) is 6. The number of thioether (sulfide) groups is 1. The van der Waals surface area contributed by atoms with Gasteiger partial charge in [0.25, 0.3) is 0 Å². The number of carbonyl (C=O) groups excluding carboxylic acids is 1. The molecule has 2 aromatic rings. The molecule has 1 fully saturated rings. The number of ether oxygens (including phenoxy) is 1. The zero-order valence-electron chi connectivity index (χ0n) is 13.4. The number of rotatable bonds is 6. The van der Waals surface area contributed by atoms with Crippen LogP contribution in [0.2, 0.25) is 0 Å². The van der Waals surface area contributed by atoms with Gasteiger partial charge < -0.3 is 15.4 Å². The average molecular weight is 347 g/mol. The van der Waals surface area contributed by atoms with Gasteiger partial charge in [0.2, 0.25) is 11.9 Å². The Kier molecular flexibility index (Phi) is 5.71. The molecule has 0 unspecified atom stereocenters. The molecule has 1 amide bonds. The Hall–Kier alpha value is -2.06. The molecule has 1 saturated heterocycles. The highest BCUT2D eigenvalue weighted by atomic mass is 32.2. The van der Waals surface area contributed by atoms with E-state index in [0.717, 1.165) is 12.2 Å². The van der Waals surface area contributed by atoms with Crippen LogP contribution >= 0.6 is 11.8 Å². The Morgan fingerprint density at radius 2 is 1.96 bits per heavy atom. The van der Waals surface area contributed by atoms with Crippen LogP contribution in [0.1, 0.15) is 5.56 Å². The van der Waals surface area contributed by atoms with Crippen molar-refractivity contribution in [1.82, 2.24) is 19.7 Å². The van der Waals surface area contributed by atoms with Crippen molar-refractivity contribution in [3.05, 3.63) is 35.9 Å². The number of benzene rings is 1. The van der Waals surface area contributed by atoms with Crippen molar-refractivity contribution in [2.24, 2.45) is 0 Å². The zero-order valence-corrected chi connectivity index (χ0v) is 14.2. The maximum Gasteiger partial charge on any atom is 0.242 e. The third-order valence-corrected chi connectivity index (χ3v) is 4.84. The number of morpholine rings is 1. The van der Waals surface area contributed by atoms with Crippen LogP contribution in [0.25, 0.3) is 0 Å². The number of carbonyl (C=O) groups is 1. The van der Waals surface area contributed by atoms with Gasteiger partial charge in [-0.2, -0.15) is 0 Å². The van der Waals surface area contributed by atoms with Gasteiger partial charge in [-0.3, -0.25) is 9.36 Å². The molecular weight excluding hydrogens is 326 g/mol. The Labute approximate surface area is 145 Å². The van der Waals surface area contributed by atoms with E-state index in [1.807, 2.05) is 18.2 Å². The first-order valence-electron chi connectivity index (χ1n) is 7.95. The predicted molar refractivity (Wildman–Crippen MR) is 92.7 cm³/mol. The van der Waals surface area contributed by atoms with Crippen molar-refractivity contribution in [3.63, 3.8) is 0 Å². The molecule has 0 radical (unpaired) electrons. The summed E-state index contributed by atoms with van der Waals surface area (Å²) in [5, 5.41) is 8.70. The monoisotopic (exact) mass is 347 g/mol. The number of aryl methyl sites for hydroxylation is 1. The maximum atomic E-state index is 12.4. The van der Waals surface area contributed by atoms with Gasteiger partial charge in [0, 0.05) is 18.8 Å². The molecule has 1 aromatic carbocycles. The molecule has 3 rings (SSSR count). The number of anilines is 1. The van der Waals surface area contributed by atoms with E-state index in [9.17, 15) is 4.79 Å². The van der Waals surface area contributed by atoms with Crippen LogP contribution in [0.4, 0.5) is 5.95 Å². The normalized spacial score (nSPS) is 14.8. The van der Waals surface area contributed by atoms with Gasteiger partial charge >= 0.3 is 0 Å². The SMILES string of the molecule is Nc1nnc(SCCc2ccccc2)n1CC(=O)N1CCOCC1. The lowest BCUT2D eigenvalue weighted by Crippen LogP contribution is -2.42. The molecule has 0 bridgehead atoms. The second-order valence-corrected chi connectivity index (χ2v) is 6.57. The Morgan fingerprint density at radius 1 is 1.21 bits per heavy atom. The first kappa shape index (κ1) is 16.8. The summed E-state index contributed by atoms with van der Waals surface area (Å²) in [5.74, 6) is 1.15. The molecule has 2 heterocycles. The Morgan fingerprint density at radius 3 is 2.71 bits per heavy atom. The van der Waals surface area contributed by atoms with Crippen molar-refractivity contribution < 1.29 is 9.53 Å². The van der Waals surface area contributed by atoms with E-state index in [1.165, 1.54) is 5.56 Å². The summed E-state index contributed by atoms with van der Waals surface area (Å²) >= 11 is 1.57. The summed E-state index contributed by atoms with van der Waals surface area (Å²) in [7, 11) is 0. The topological polar surface area (TPSA) is 86.3 Å². The fraction of sp³-hybridized carbons (Fsp3) is 0.438. The van der Waals surface area contributed by atoms with Crippen LogP contribution < -0.4 is 5.73 Å². The highest BCUT2D eigenvalue weighted by molar-refractivity contribution is 7.99. The highest BCUT2D eigenvalue weighted by Gasteiger charge is 2.20. The average Bonchev–Trinajstić information content (AvgIpc) is 2.97. The van der Waals surface area contributed by atoms with Crippen molar-refractivity contribution in [2.75, 3.05) is 37.8 Å². The molecule has 24 heavy (non-hydrogen) atoms. The molecule has 7 nitrogen and oxygen atoms in total. The lowest BCUT2D eigenvalue weighted by Gasteiger charge is -2.27. The summed E-state index contributed by atoms with van der Waals surface area (Å²) in [5.41, 5.74) is 7.15. The van der Waals surface area contributed by atoms with E-state index >= 15 is 0 Å². The molecule has 2 N–H and O–H groups in total. The van der Waals surface area contributed by atoms with Crippen LogP contribution in [-0.2, 0) is 22.5 Å². The second kappa shape index (κ2) is 8.16.